The first kappa shape index (κ1) is 13.2. The molecule has 0 aliphatic heterocycles. The van der Waals surface area contributed by atoms with E-state index in [1.54, 1.807) is 0 Å². The molecule has 0 bridgehead atoms. The average Bonchev–Trinajstić information content (AvgIpc) is 2.35. The molecule has 92 valence electrons. The van der Waals surface area contributed by atoms with Gasteiger partial charge in [0, 0.05) is 13.0 Å². The molecule has 0 saturated heterocycles. The van der Waals surface area contributed by atoms with Gasteiger partial charge in [-0.1, -0.05) is 36.7 Å². The highest BCUT2D eigenvalue weighted by Gasteiger charge is 2.00. The van der Waals surface area contributed by atoms with E-state index in [1.807, 2.05) is 24.3 Å². The molecule has 0 aliphatic rings. The number of oxime groups is 1. The molecule has 0 saturated carbocycles. The number of carbonyl (C=O) groups is 1. The lowest BCUT2D eigenvalue weighted by molar-refractivity contribution is -0.121. The predicted molar refractivity (Wildman–Crippen MR) is 67.2 cm³/mol. The average molecular weight is 234 g/mol. The maximum absolute atomic E-state index is 11.4. The molecule has 4 heteroatoms. The van der Waals surface area contributed by atoms with Crippen molar-refractivity contribution in [2.75, 3.05) is 0 Å². The predicted octanol–water partition coefficient (Wildman–Crippen LogP) is 2.30. The summed E-state index contributed by atoms with van der Waals surface area (Å²) in [5, 5.41) is 14.3. The van der Waals surface area contributed by atoms with Gasteiger partial charge in [-0.3, -0.25) is 4.79 Å². The Morgan fingerprint density at radius 1 is 1.53 bits per heavy atom. The van der Waals surface area contributed by atoms with E-state index in [-0.39, 0.29) is 5.91 Å². The Morgan fingerprint density at radius 2 is 2.35 bits per heavy atom. The van der Waals surface area contributed by atoms with Crippen LogP contribution in [0.25, 0.3) is 0 Å². The van der Waals surface area contributed by atoms with Crippen molar-refractivity contribution in [3.8, 4) is 0 Å². The smallest absolute Gasteiger partial charge is 0.220 e. The van der Waals surface area contributed by atoms with E-state index in [2.05, 4.69) is 17.4 Å². The van der Waals surface area contributed by atoms with Crippen molar-refractivity contribution in [3.63, 3.8) is 0 Å². The quantitative estimate of drug-likeness (QED) is 0.450. The molecular weight excluding hydrogens is 216 g/mol. The summed E-state index contributed by atoms with van der Waals surface area (Å²) in [6.07, 6.45) is 3.88. The van der Waals surface area contributed by atoms with Gasteiger partial charge >= 0.3 is 0 Å². The molecule has 0 unspecified atom stereocenters. The second kappa shape index (κ2) is 7.44. The highest BCUT2D eigenvalue weighted by molar-refractivity contribution is 5.79. The van der Waals surface area contributed by atoms with Crippen LogP contribution in [0.4, 0.5) is 0 Å². The van der Waals surface area contributed by atoms with Crippen molar-refractivity contribution in [2.45, 2.75) is 32.7 Å². The van der Waals surface area contributed by atoms with Gasteiger partial charge in [-0.05, 0) is 23.6 Å². The summed E-state index contributed by atoms with van der Waals surface area (Å²) < 4.78 is 0. The normalized spacial score (nSPS) is 10.6. The Kier molecular flexibility index (Phi) is 5.79. The molecule has 4 nitrogen and oxygen atoms in total. The molecular formula is C13H18N2O2. The van der Waals surface area contributed by atoms with E-state index in [0.717, 1.165) is 24.0 Å². The van der Waals surface area contributed by atoms with E-state index in [9.17, 15) is 4.79 Å². The molecule has 1 aromatic carbocycles. The van der Waals surface area contributed by atoms with Crippen LogP contribution in [0, 0.1) is 0 Å². The number of unbranched alkanes of at least 4 members (excludes halogenated alkanes) is 1. The SMILES string of the molecule is CCCCC(=O)NCc1cccc(/C=N\O)c1. The number of rotatable bonds is 6. The third-order valence-electron chi connectivity index (χ3n) is 2.40. The topological polar surface area (TPSA) is 61.7 Å². The van der Waals surface area contributed by atoms with Crippen LogP contribution in [0.1, 0.15) is 37.3 Å². The van der Waals surface area contributed by atoms with Crippen molar-refractivity contribution in [1.82, 2.24) is 5.32 Å². The number of carbonyl (C=O) groups excluding carboxylic acids is 1. The number of benzene rings is 1. The number of hydrogen-bond donors (Lipinski definition) is 2. The fourth-order valence-corrected chi connectivity index (χ4v) is 1.48. The van der Waals surface area contributed by atoms with Crippen LogP contribution < -0.4 is 5.32 Å². The highest BCUT2D eigenvalue weighted by Crippen LogP contribution is 2.03. The molecule has 0 radical (unpaired) electrons. The molecule has 0 aromatic heterocycles. The van der Waals surface area contributed by atoms with Crippen molar-refractivity contribution in [1.29, 1.82) is 0 Å². The maximum Gasteiger partial charge on any atom is 0.220 e. The van der Waals surface area contributed by atoms with Gasteiger partial charge in [0.15, 0.2) is 0 Å². The molecule has 1 rings (SSSR count). The fraction of sp³-hybridized carbons (Fsp3) is 0.385. The zero-order valence-electron chi connectivity index (χ0n) is 10.0. The van der Waals surface area contributed by atoms with Crippen LogP contribution >= 0.6 is 0 Å². The Bertz CT molecular complexity index is 389. The molecule has 0 heterocycles. The number of nitrogens with zero attached hydrogens (tertiary/aromatic N) is 1. The summed E-state index contributed by atoms with van der Waals surface area (Å²) in [5.41, 5.74) is 1.81. The van der Waals surface area contributed by atoms with Gasteiger partial charge in [-0.25, -0.2) is 0 Å². The van der Waals surface area contributed by atoms with Gasteiger partial charge in [0.2, 0.25) is 5.91 Å². The summed E-state index contributed by atoms with van der Waals surface area (Å²) in [6.45, 7) is 2.57. The third kappa shape index (κ3) is 5.15. The summed E-state index contributed by atoms with van der Waals surface area (Å²) in [7, 11) is 0. The van der Waals surface area contributed by atoms with E-state index >= 15 is 0 Å². The largest absolute Gasteiger partial charge is 0.411 e. The molecule has 17 heavy (non-hydrogen) atoms. The minimum atomic E-state index is 0.0769. The second-order valence-electron chi connectivity index (χ2n) is 3.87. The molecule has 0 aliphatic carbocycles. The second-order valence-corrected chi connectivity index (χ2v) is 3.87. The first-order valence-electron chi connectivity index (χ1n) is 5.79. The van der Waals surface area contributed by atoms with Crippen LogP contribution in [-0.2, 0) is 11.3 Å². The van der Waals surface area contributed by atoms with Crippen molar-refractivity contribution >= 4 is 12.1 Å². The third-order valence-corrected chi connectivity index (χ3v) is 2.40. The molecule has 0 fully saturated rings. The first-order valence-corrected chi connectivity index (χ1v) is 5.79. The lowest BCUT2D eigenvalue weighted by Crippen LogP contribution is -2.22. The summed E-state index contributed by atoms with van der Waals surface area (Å²) in [6, 6.07) is 7.50. The van der Waals surface area contributed by atoms with E-state index in [1.165, 1.54) is 6.21 Å². The number of nitrogens with one attached hydrogen (secondary N) is 1. The van der Waals surface area contributed by atoms with Gasteiger partial charge in [-0.2, -0.15) is 0 Å². The highest BCUT2D eigenvalue weighted by atomic mass is 16.4. The van der Waals surface area contributed by atoms with E-state index < -0.39 is 0 Å². The van der Waals surface area contributed by atoms with Crippen molar-refractivity contribution in [3.05, 3.63) is 35.4 Å². The zero-order chi connectivity index (χ0) is 12.5. The molecule has 2 N–H and O–H groups in total. The Balaban J connectivity index is 2.46. The van der Waals surface area contributed by atoms with Gasteiger partial charge in [0.05, 0.1) is 6.21 Å². The van der Waals surface area contributed by atoms with Gasteiger partial charge in [-0.15, -0.1) is 0 Å². The lowest BCUT2D eigenvalue weighted by Gasteiger charge is -2.05. The van der Waals surface area contributed by atoms with E-state index in [0.29, 0.717) is 13.0 Å². The zero-order valence-corrected chi connectivity index (χ0v) is 10.0. The summed E-state index contributed by atoms with van der Waals surface area (Å²) in [5.74, 6) is 0.0769. The number of amides is 1. The summed E-state index contributed by atoms with van der Waals surface area (Å²) in [4.78, 5) is 11.4. The first-order chi connectivity index (χ1) is 8.26. The van der Waals surface area contributed by atoms with Gasteiger partial charge in [0.25, 0.3) is 0 Å². The van der Waals surface area contributed by atoms with Gasteiger partial charge < -0.3 is 10.5 Å². The minimum absolute atomic E-state index is 0.0769. The van der Waals surface area contributed by atoms with Crippen LogP contribution in [-0.4, -0.2) is 17.3 Å². The fourth-order valence-electron chi connectivity index (χ4n) is 1.48. The molecule has 1 amide bonds. The van der Waals surface area contributed by atoms with Gasteiger partial charge in [0.1, 0.15) is 0 Å². The maximum atomic E-state index is 11.4. The van der Waals surface area contributed by atoms with Crippen LogP contribution in [0.2, 0.25) is 0 Å². The van der Waals surface area contributed by atoms with Crippen LogP contribution in [0.15, 0.2) is 29.4 Å². The monoisotopic (exact) mass is 234 g/mol. The van der Waals surface area contributed by atoms with Crippen LogP contribution in [0.3, 0.4) is 0 Å². The molecule has 0 spiro atoms. The Labute approximate surface area is 101 Å². The van der Waals surface area contributed by atoms with Crippen molar-refractivity contribution in [2.24, 2.45) is 5.16 Å². The lowest BCUT2D eigenvalue weighted by atomic mass is 10.1. The standard InChI is InChI=1S/C13H18N2O2/c1-2-3-7-13(16)14-9-11-5-4-6-12(8-11)10-15-17/h4-6,8,10,17H,2-3,7,9H2,1H3,(H,14,16)/b15-10-. The van der Waals surface area contributed by atoms with Crippen molar-refractivity contribution < 1.29 is 10.0 Å². The molecule has 1 aromatic rings. The number of hydrogen-bond acceptors (Lipinski definition) is 3. The molecule has 0 atom stereocenters. The van der Waals surface area contributed by atoms with Crippen LogP contribution in [0.5, 0.6) is 0 Å². The summed E-state index contributed by atoms with van der Waals surface area (Å²) >= 11 is 0. The Morgan fingerprint density at radius 3 is 3.06 bits per heavy atom. The minimum Gasteiger partial charge on any atom is -0.411 e. The van der Waals surface area contributed by atoms with E-state index in [4.69, 9.17) is 5.21 Å². The Hall–Kier alpha value is -1.84.